The number of aliphatic hydroxyl groups excluding tert-OH is 1. The predicted octanol–water partition coefficient (Wildman–Crippen LogP) is -0.958. The quantitative estimate of drug-likeness (QED) is 0.595. The third-order valence-electron chi connectivity index (χ3n) is 1.81. The summed E-state index contributed by atoms with van der Waals surface area (Å²) in [6.07, 6.45) is 2.47. The molecule has 7 heteroatoms. The molecule has 3 N–H and O–H groups in total. The van der Waals surface area contributed by atoms with E-state index >= 15 is 0 Å². The molecule has 0 saturated heterocycles. The zero-order valence-corrected chi connectivity index (χ0v) is 8.33. The maximum atomic E-state index is 11.4. The molecule has 1 atom stereocenters. The first-order valence-corrected chi connectivity index (χ1v) is 4.55. The number of amides is 1. The van der Waals surface area contributed by atoms with Gasteiger partial charge >= 0.3 is 5.97 Å². The van der Waals surface area contributed by atoms with E-state index in [1.165, 1.54) is 18.7 Å². The average Bonchev–Trinajstić information content (AvgIpc) is 2.29. The fourth-order valence-electron chi connectivity index (χ4n) is 0.964. The van der Waals surface area contributed by atoms with Gasteiger partial charge in [-0.05, 0) is 0 Å². The van der Waals surface area contributed by atoms with Crippen molar-refractivity contribution in [1.29, 1.82) is 0 Å². The Kier molecular flexibility index (Phi) is 4.34. The Bertz CT molecular complexity index is 368. The summed E-state index contributed by atoms with van der Waals surface area (Å²) in [4.78, 5) is 29.0. The SMILES string of the molecule is O=C(NCC[C@H](O)C(=O)O)c1cncnc1. The number of hydrogen-bond acceptors (Lipinski definition) is 5. The lowest BCUT2D eigenvalue weighted by molar-refractivity contribution is -0.146. The van der Waals surface area contributed by atoms with E-state index in [9.17, 15) is 9.59 Å². The van der Waals surface area contributed by atoms with Gasteiger partial charge in [-0.2, -0.15) is 0 Å². The Morgan fingerprint density at radius 1 is 1.38 bits per heavy atom. The molecule has 16 heavy (non-hydrogen) atoms. The Morgan fingerprint density at radius 2 is 2.00 bits per heavy atom. The van der Waals surface area contributed by atoms with Gasteiger partial charge in [-0.25, -0.2) is 14.8 Å². The molecule has 0 aliphatic carbocycles. The molecule has 0 aromatic carbocycles. The van der Waals surface area contributed by atoms with Gasteiger partial charge in [0.2, 0.25) is 0 Å². The van der Waals surface area contributed by atoms with E-state index in [2.05, 4.69) is 15.3 Å². The van der Waals surface area contributed by atoms with Crippen LogP contribution in [-0.4, -0.2) is 44.7 Å². The number of nitrogens with zero attached hydrogens (tertiary/aromatic N) is 2. The Labute approximate surface area is 91.2 Å². The number of nitrogens with one attached hydrogen (secondary N) is 1. The molecule has 1 aromatic heterocycles. The summed E-state index contributed by atoms with van der Waals surface area (Å²) >= 11 is 0. The highest BCUT2D eigenvalue weighted by molar-refractivity contribution is 5.93. The lowest BCUT2D eigenvalue weighted by Gasteiger charge is -2.06. The molecule has 0 spiro atoms. The largest absolute Gasteiger partial charge is 0.479 e. The monoisotopic (exact) mass is 225 g/mol. The predicted molar refractivity (Wildman–Crippen MR) is 52.6 cm³/mol. The molecule has 0 aliphatic rings. The van der Waals surface area contributed by atoms with Gasteiger partial charge in [-0.3, -0.25) is 4.79 Å². The molecule has 1 heterocycles. The van der Waals surface area contributed by atoms with Crippen molar-refractivity contribution in [2.24, 2.45) is 0 Å². The highest BCUT2D eigenvalue weighted by Gasteiger charge is 2.13. The van der Waals surface area contributed by atoms with Crippen LogP contribution in [0.25, 0.3) is 0 Å². The zero-order valence-electron chi connectivity index (χ0n) is 8.33. The summed E-state index contributed by atoms with van der Waals surface area (Å²) in [7, 11) is 0. The van der Waals surface area contributed by atoms with Crippen molar-refractivity contribution >= 4 is 11.9 Å². The van der Waals surface area contributed by atoms with E-state index < -0.39 is 18.0 Å². The molecular formula is C9H11N3O4. The van der Waals surface area contributed by atoms with Crippen LogP contribution in [0.2, 0.25) is 0 Å². The fraction of sp³-hybridized carbons (Fsp3) is 0.333. The molecule has 1 rings (SSSR count). The normalized spacial score (nSPS) is 11.8. The molecule has 0 fully saturated rings. The van der Waals surface area contributed by atoms with Crippen LogP contribution >= 0.6 is 0 Å². The van der Waals surface area contributed by atoms with Gasteiger partial charge in [0.25, 0.3) is 5.91 Å². The molecule has 0 saturated carbocycles. The number of rotatable bonds is 5. The van der Waals surface area contributed by atoms with E-state index in [1.54, 1.807) is 0 Å². The minimum absolute atomic E-state index is 0.0469. The van der Waals surface area contributed by atoms with E-state index in [1.807, 2.05) is 0 Å². The van der Waals surface area contributed by atoms with Gasteiger partial charge in [-0.15, -0.1) is 0 Å². The summed E-state index contributed by atoms with van der Waals surface area (Å²) in [6, 6.07) is 0. The van der Waals surface area contributed by atoms with Crippen molar-refractivity contribution in [3.05, 3.63) is 24.3 Å². The maximum Gasteiger partial charge on any atom is 0.332 e. The first-order valence-electron chi connectivity index (χ1n) is 4.55. The third kappa shape index (κ3) is 3.62. The third-order valence-corrected chi connectivity index (χ3v) is 1.81. The van der Waals surface area contributed by atoms with Crippen molar-refractivity contribution in [1.82, 2.24) is 15.3 Å². The maximum absolute atomic E-state index is 11.4. The number of aliphatic hydroxyl groups is 1. The second-order valence-corrected chi connectivity index (χ2v) is 3.03. The zero-order chi connectivity index (χ0) is 12.0. The molecule has 0 radical (unpaired) electrons. The highest BCUT2D eigenvalue weighted by Crippen LogP contribution is 1.94. The number of carboxylic acids is 1. The number of carbonyl (C=O) groups excluding carboxylic acids is 1. The minimum atomic E-state index is -1.47. The van der Waals surface area contributed by atoms with Crippen molar-refractivity contribution < 1.29 is 19.8 Å². The van der Waals surface area contributed by atoms with E-state index in [-0.39, 0.29) is 18.5 Å². The topological polar surface area (TPSA) is 112 Å². The summed E-state index contributed by atoms with van der Waals surface area (Å²) in [5.74, 6) is -1.71. The van der Waals surface area contributed by atoms with Crippen LogP contribution in [0.15, 0.2) is 18.7 Å². The van der Waals surface area contributed by atoms with E-state index in [0.29, 0.717) is 0 Å². The molecule has 86 valence electrons. The van der Waals surface area contributed by atoms with E-state index in [4.69, 9.17) is 10.2 Å². The van der Waals surface area contributed by atoms with Crippen LogP contribution in [0.3, 0.4) is 0 Å². The molecule has 0 bridgehead atoms. The molecule has 1 aromatic rings. The molecule has 7 nitrogen and oxygen atoms in total. The van der Waals surface area contributed by atoms with Gasteiger partial charge in [0.15, 0.2) is 6.10 Å². The second kappa shape index (κ2) is 5.76. The van der Waals surface area contributed by atoms with Gasteiger partial charge < -0.3 is 15.5 Å². The highest BCUT2D eigenvalue weighted by atomic mass is 16.4. The first kappa shape index (κ1) is 12.1. The number of aliphatic carboxylic acids is 1. The average molecular weight is 225 g/mol. The minimum Gasteiger partial charge on any atom is -0.479 e. The lowest BCUT2D eigenvalue weighted by atomic mass is 10.2. The molecular weight excluding hydrogens is 214 g/mol. The molecule has 0 unspecified atom stereocenters. The Balaban J connectivity index is 2.34. The fourth-order valence-corrected chi connectivity index (χ4v) is 0.964. The Morgan fingerprint density at radius 3 is 2.56 bits per heavy atom. The van der Waals surface area contributed by atoms with Crippen LogP contribution in [0.5, 0.6) is 0 Å². The smallest absolute Gasteiger partial charge is 0.332 e. The van der Waals surface area contributed by atoms with Gasteiger partial charge in [0, 0.05) is 25.4 Å². The summed E-state index contributed by atoms with van der Waals surface area (Å²) in [5, 5.41) is 19.8. The summed E-state index contributed by atoms with van der Waals surface area (Å²) < 4.78 is 0. The number of aromatic nitrogens is 2. The van der Waals surface area contributed by atoms with Crippen molar-refractivity contribution in [2.45, 2.75) is 12.5 Å². The lowest BCUT2D eigenvalue weighted by Crippen LogP contribution is -2.30. The number of hydrogen-bond donors (Lipinski definition) is 3. The van der Waals surface area contributed by atoms with Crippen LogP contribution in [-0.2, 0) is 4.79 Å². The van der Waals surface area contributed by atoms with Gasteiger partial charge in [-0.1, -0.05) is 0 Å². The van der Waals surface area contributed by atoms with Crippen LogP contribution in [0.1, 0.15) is 16.8 Å². The van der Waals surface area contributed by atoms with Crippen molar-refractivity contribution in [3.8, 4) is 0 Å². The molecule has 0 aliphatic heterocycles. The number of carbonyl (C=O) groups is 2. The van der Waals surface area contributed by atoms with Crippen molar-refractivity contribution in [2.75, 3.05) is 6.54 Å². The van der Waals surface area contributed by atoms with Crippen LogP contribution < -0.4 is 5.32 Å². The molecule has 1 amide bonds. The summed E-state index contributed by atoms with van der Waals surface area (Å²) in [6.45, 7) is 0.0706. The van der Waals surface area contributed by atoms with Crippen LogP contribution in [0, 0.1) is 0 Å². The first-order chi connectivity index (χ1) is 7.61. The van der Waals surface area contributed by atoms with Gasteiger partial charge in [0.05, 0.1) is 5.56 Å². The number of carboxylic acid groups (broad SMARTS) is 1. The van der Waals surface area contributed by atoms with E-state index in [0.717, 1.165) is 0 Å². The van der Waals surface area contributed by atoms with Crippen molar-refractivity contribution in [3.63, 3.8) is 0 Å². The Hall–Kier alpha value is -2.02. The standard InChI is InChI=1S/C9H11N3O4/c13-7(9(15)16)1-2-12-8(14)6-3-10-5-11-4-6/h3-5,7,13H,1-2H2,(H,12,14)(H,15,16)/t7-/m0/s1. The second-order valence-electron chi connectivity index (χ2n) is 3.03. The summed E-state index contributed by atoms with van der Waals surface area (Å²) in [5.41, 5.74) is 0.285. The van der Waals surface area contributed by atoms with Crippen LogP contribution in [0.4, 0.5) is 0 Å². The van der Waals surface area contributed by atoms with Gasteiger partial charge in [0.1, 0.15) is 6.33 Å².